The van der Waals surface area contributed by atoms with Crippen LogP contribution in [-0.4, -0.2) is 36.2 Å². The van der Waals surface area contributed by atoms with E-state index in [1.165, 1.54) is 22.0 Å². The third-order valence-electron chi connectivity index (χ3n) is 4.46. The minimum Gasteiger partial charge on any atom is -0.508 e. The number of aliphatic imine (C=N–C) groups is 1. The molecule has 3 aromatic rings. The topological polar surface area (TPSA) is 72.4 Å². The van der Waals surface area contributed by atoms with Crippen LogP contribution in [0, 0.1) is 0 Å². The van der Waals surface area contributed by atoms with Crippen LogP contribution < -0.4 is 10.6 Å². The van der Waals surface area contributed by atoms with Crippen LogP contribution in [0.15, 0.2) is 59.7 Å². The number of aryl methyl sites for hydroxylation is 1. The normalized spacial score (nSPS) is 11.2. The number of nitrogens with zero attached hydrogens (tertiary/aromatic N) is 1. The van der Waals surface area contributed by atoms with Gasteiger partial charge in [0.2, 0.25) is 0 Å². The van der Waals surface area contributed by atoms with Crippen molar-refractivity contribution in [1.29, 1.82) is 0 Å². The summed E-state index contributed by atoms with van der Waals surface area (Å²) in [7, 11) is 1.79. The van der Waals surface area contributed by atoms with E-state index in [0.29, 0.717) is 5.75 Å². The largest absolute Gasteiger partial charge is 0.508 e. The summed E-state index contributed by atoms with van der Waals surface area (Å²) in [5.74, 6) is 1.14. The minimum atomic E-state index is 0. The van der Waals surface area contributed by atoms with Crippen LogP contribution in [0.1, 0.15) is 17.5 Å². The number of rotatable bonds is 7. The number of halogens is 1. The highest BCUT2D eigenvalue weighted by atomic mass is 127. The summed E-state index contributed by atoms with van der Waals surface area (Å²) in [5, 5.41) is 17.3. The number of hydrogen-bond acceptors (Lipinski definition) is 2. The zero-order chi connectivity index (χ0) is 18.2. The predicted octanol–water partition coefficient (Wildman–Crippen LogP) is 3.83. The molecule has 0 fully saturated rings. The first-order valence-corrected chi connectivity index (χ1v) is 9.03. The lowest BCUT2D eigenvalue weighted by Crippen LogP contribution is -2.38. The fourth-order valence-electron chi connectivity index (χ4n) is 3.04. The van der Waals surface area contributed by atoms with Gasteiger partial charge in [0.05, 0.1) is 0 Å². The standard InChI is InChI=1S/C21H26N4O.HI/c1-22-21(23-13-4-5-16-8-10-18(26)11-9-16)24-14-12-17-15-25-20-7-3-2-6-19(17)20;/h2-3,6-11,15,25-26H,4-5,12-14H2,1H3,(H2,22,23,24);1H. The molecular formula is C21H27IN4O. The van der Waals surface area contributed by atoms with Gasteiger partial charge in [-0.1, -0.05) is 30.3 Å². The smallest absolute Gasteiger partial charge is 0.190 e. The van der Waals surface area contributed by atoms with E-state index in [1.54, 1.807) is 19.2 Å². The minimum absolute atomic E-state index is 0. The highest BCUT2D eigenvalue weighted by Gasteiger charge is 2.03. The average Bonchev–Trinajstić information content (AvgIpc) is 3.08. The quantitative estimate of drug-likeness (QED) is 0.181. The molecule has 5 nitrogen and oxygen atoms in total. The number of guanidine groups is 1. The molecule has 0 saturated heterocycles. The average molecular weight is 478 g/mol. The SMILES string of the molecule is CN=C(NCCCc1ccc(O)cc1)NCCc1c[nH]c2ccccc12.I. The van der Waals surface area contributed by atoms with Gasteiger partial charge in [-0.05, 0) is 48.6 Å². The molecule has 0 saturated carbocycles. The van der Waals surface area contributed by atoms with Crippen molar-refractivity contribution >= 4 is 40.8 Å². The summed E-state index contributed by atoms with van der Waals surface area (Å²) in [6.07, 6.45) is 5.01. The van der Waals surface area contributed by atoms with Crippen LogP contribution in [0.2, 0.25) is 0 Å². The van der Waals surface area contributed by atoms with Gasteiger partial charge >= 0.3 is 0 Å². The number of para-hydroxylation sites is 1. The molecule has 3 rings (SSSR count). The van der Waals surface area contributed by atoms with Gasteiger partial charge < -0.3 is 20.7 Å². The van der Waals surface area contributed by atoms with Crippen LogP contribution in [0.4, 0.5) is 0 Å². The number of aromatic nitrogens is 1. The van der Waals surface area contributed by atoms with E-state index in [4.69, 9.17) is 0 Å². The maximum atomic E-state index is 9.30. The predicted molar refractivity (Wildman–Crippen MR) is 123 cm³/mol. The summed E-state index contributed by atoms with van der Waals surface area (Å²) >= 11 is 0. The highest BCUT2D eigenvalue weighted by molar-refractivity contribution is 14.0. The first-order chi connectivity index (χ1) is 12.8. The van der Waals surface area contributed by atoms with Gasteiger partial charge in [-0.15, -0.1) is 24.0 Å². The van der Waals surface area contributed by atoms with Gasteiger partial charge in [-0.2, -0.15) is 0 Å². The van der Waals surface area contributed by atoms with Crippen molar-refractivity contribution in [1.82, 2.24) is 15.6 Å². The zero-order valence-corrected chi connectivity index (χ0v) is 17.9. The summed E-state index contributed by atoms with van der Waals surface area (Å²) in [5.41, 5.74) is 3.72. The molecule has 0 unspecified atom stereocenters. The third kappa shape index (κ3) is 6.16. The zero-order valence-electron chi connectivity index (χ0n) is 15.5. The van der Waals surface area contributed by atoms with Crippen LogP contribution >= 0.6 is 24.0 Å². The number of phenols is 1. The van der Waals surface area contributed by atoms with E-state index >= 15 is 0 Å². The van der Waals surface area contributed by atoms with Crippen LogP contribution in [0.5, 0.6) is 5.75 Å². The van der Waals surface area contributed by atoms with Gasteiger partial charge in [0.25, 0.3) is 0 Å². The molecule has 2 aromatic carbocycles. The Morgan fingerprint density at radius 3 is 2.52 bits per heavy atom. The fraction of sp³-hybridized carbons (Fsp3) is 0.286. The van der Waals surface area contributed by atoms with Gasteiger partial charge in [-0.3, -0.25) is 4.99 Å². The third-order valence-corrected chi connectivity index (χ3v) is 4.46. The van der Waals surface area contributed by atoms with Crippen molar-refractivity contribution in [3.05, 3.63) is 65.9 Å². The van der Waals surface area contributed by atoms with E-state index in [-0.39, 0.29) is 24.0 Å². The molecule has 4 N–H and O–H groups in total. The van der Waals surface area contributed by atoms with Crippen molar-refractivity contribution in [3.63, 3.8) is 0 Å². The second kappa shape index (κ2) is 10.8. The lowest BCUT2D eigenvalue weighted by Gasteiger charge is -2.11. The maximum Gasteiger partial charge on any atom is 0.190 e. The summed E-state index contributed by atoms with van der Waals surface area (Å²) in [4.78, 5) is 7.59. The lowest BCUT2D eigenvalue weighted by atomic mass is 10.1. The number of aromatic hydroxyl groups is 1. The summed E-state index contributed by atoms with van der Waals surface area (Å²) in [6.45, 7) is 1.69. The Morgan fingerprint density at radius 1 is 1.00 bits per heavy atom. The molecule has 0 aliphatic carbocycles. The molecular weight excluding hydrogens is 451 g/mol. The molecule has 0 bridgehead atoms. The number of fused-ring (bicyclic) bond motifs is 1. The van der Waals surface area contributed by atoms with Gasteiger partial charge in [0, 0.05) is 37.2 Å². The molecule has 0 spiro atoms. The molecule has 0 aliphatic rings. The Labute approximate surface area is 177 Å². The Kier molecular flexibility index (Phi) is 8.44. The first kappa shape index (κ1) is 21.1. The molecule has 1 heterocycles. The Balaban J connectivity index is 0.00000261. The molecule has 0 atom stereocenters. The van der Waals surface area contributed by atoms with Gasteiger partial charge in [-0.25, -0.2) is 0 Å². The molecule has 144 valence electrons. The summed E-state index contributed by atoms with van der Waals surface area (Å²) < 4.78 is 0. The molecule has 0 amide bonds. The first-order valence-electron chi connectivity index (χ1n) is 9.03. The van der Waals surface area contributed by atoms with E-state index in [0.717, 1.165) is 38.3 Å². The van der Waals surface area contributed by atoms with E-state index in [1.807, 2.05) is 18.2 Å². The molecule has 0 radical (unpaired) electrons. The van der Waals surface area contributed by atoms with Gasteiger partial charge in [0.1, 0.15) is 5.75 Å². The molecule has 27 heavy (non-hydrogen) atoms. The maximum absolute atomic E-state index is 9.30. The number of hydrogen-bond donors (Lipinski definition) is 4. The molecule has 6 heteroatoms. The Bertz CT molecular complexity index is 858. The van der Waals surface area contributed by atoms with E-state index < -0.39 is 0 Å². The number of nitrogens with one attached hydrogen (secondary N) is 3. The highest BCUT2D eigenvalue weighted by Crippen LogP contribution is 2.17. The second-order valence-electron chi connectivity index (χ2n) is 6.31. The van der Waals surface area contributed by atoms with Crippen LogP contribution in [-0.2, 0) is 12.8 Å². The second-order valence-corrected chi connectivity index (χ2v) is 6.31. The Morgan fingerprint density at radius 2 is 1.74 bits per heavy atom. The number of phenolic OH excluding ortho intramolecular Hbond substituents is 1. The van der Waals surface area contributed by atoms with E-state index in [9.17, 15) is 5.11 Å². The Hall–Kier alpha value is -2.22. The van der Waals surface area contributed by atoms with Crippen molar-refractivity contribution in [2.75, 3.05) is 20.1 Å². The van der Waals surface area contributed by atoms with Crippen molar-refractivity contribution < 1.29 is 5.11 Å². The fourth-order valence-corrected chi connectivity index (χ4v) is 3.04. The number of H-pyrrole nitrogens is 1. The van der Waals surface area contributed by atoms with Crippen molar-refractivity contribution in [2.24, 2.45) is 4.99 Å². The monoisotopic (exact) mass is 478 g/mol. The van der Waals surface area contributed by atoms with Crippen LogP contribution in [0.3, 0.4) is 0 Å². The number of benzene rings is 2. The summed E-state index contributed by atoms with van der Waals surface area (Å²) in [6, 6.07) is 15.8. The van der Waals surface area contributed by atoms with Crippen molar-refractivity contribution in [2.45, 2.75) is 19.3 Å². The van der Waals surface area contributed by atoms with Gasteiger partial charge in [0.15, 0.2) is 5.96 Å². The van der Waals surface area contributed by atoms with Crippen molar-refractivity contribution in [3.8, 4) is 5.75 Å². The van der Waals surface area contributed by atoms with Crippen LogP contribution in [0.25, 0.3) is 10.9 Å². The molecule has 1 aromatic heterocycles. The lowest BCUT2D eigenvalue weighted by molar-refractivity contribution is 0.475. The number of aromatic amines is 1. The molecule has 0 aliphatic heterocycles. The van der Waals surface area contributed by atoms with E-state index in [2.05, 4.69) is 45.0 Å².